The first-order valence-electron chi connectivity index (χ1n) is 7.56. The van der Waals surface area contributed by atoms with Gasteiger partial charge in [0.25, 0.3) is 0 Å². The first kappa shape index (κ1) is 17.1. The normalized spacial score (nSPS) is 25.4. The van der Waals surface area contributed by atoms with Crippen LogP contribution in [0, 0.1) is 0 Å². The van der Waals surface area contributed by atoms with Crippen molar-refractivity contribution in [2.75, 3.05) is 13.1 Å². The van der Waals surface area contributed by atoms with Crippen LogP contribution in [0.4, 0.5) is 13.2 Å². The van der Waals surface area contributed by atoms with Gasteiger partial charge in [-0.2, -0.15) is 13.2 Å². The number of hydrogen-bond donors (Lipinski definition) is 2. The molecule has 0 radical (unpaired) electrons. The van der Waals surface area contributed by atoms with Gasteiger partial charge in [0.05, 0.1) is 12.0 Å². The van der Waals surface area contributed by atoms with E-state index in [0.717, 1.165) is 19.3 Å². The third-order valence-electron chi connectivity index (χ3n) is 4.28. The van der Waals surface area contributed by atoms with E-state index < -0.39 is 36.2 Å². The molecule has 1 atom stereocenters. The molecule has 2 N–H and O–H groups in total. The number of alkyl halides is 3. The number of rotatable bonds is 4. The molecule has 1 aliphatic heterocycles. The van der Waals surface area contributed by atoms with Crippen LogP contribution in [0.25, 0.3) is 0 Å². The lowest BCUT2D eigenvalue weighted by Gasteiger charge is -2.31. The highest BCUT2D eigenvalue weighted by Crippen LogP contribution is 2.31. The Bertz CT molecular complexity index is 434. The zero-order valence-electron chi connectivity index (χ0n) is 12.3. The number of amides is 2. The number of nitrogens with one attached hydrogen (secondary N) is 1. The minimum atomic E-state index is -4.44. The fourth-order valence-corrected chi connectivity index (χ4v) is 3.18. The van der Waals surface area contributed by atoms with Gasteiger partial charge in [0, 0.05) is 6.54 Å². The average Bonchev–Trinajstić information content (AvgIpc) is 2.69. The van der Waals surface area contributed by atoms with E-state index in [1.165, 1.54) is 0 Å². The molecule has 1 heterocycles. The second-order valence-electron chi connectivity index (χ2n) is 6.25. The van der Waals surface area contributed by atoms with Crippen LogP contribution in [0.15, 0.2) is 0 Å². The Kier molecular flexibility index (Phi) is 4.99. The Morgan fingerprint density at radius 2 is 1.95 bits per heavy atom. The van der Waals surface area contributed by atoms with Crippen molar-refractivity contribution in [1.82, 2.24) is 10.2 Å². The molecular formula is C14H21F3N2O3. The lowest BCUT2D eigenvalue weighted by atomic mass is 9.82. The van der Waals surface area contributed by atoms with Crippen LogP contribution in [0.5, 0.6) is 0 Å². The van der Waals surface area contributed by atoms with E-state index in [9.17, 15) is 27.9 Å². The molecule has 0 aromatic rings. The smallest absolute Gasteiger partial charge is 0.389 e. The molecule has 5 nitrogen and oxygen atoms in total. The lowest BCUT2D eigenvalue weighted by molar-refractivity contribution is -0.158. The summed E-state index contributed by atoms with van der Waals surface area (Å²) in [5.41, 5.74) is -1.05. The highest BCUT2D eigenvalue weighted by molar-refractivity contribution is 5.89. The monoisotopic (exact) mass is 322 g/mol. The van der Waals surface area contributed by atoms with E-state index in [1.54, 1.807) is 0 Å². The molecule has 0 bridgehead atoms. The SMILES string of the molecule is O=C(CC1(O)CCCCC1)NC1CCN(CC(F)(F)F)C1=O. The molecular weight excluding hydrogens is 301 g/mol. The first-order chi connectivity index (χ1) is 10.2. The van der Waals surface area contributed by atoms with Crippen LogP contribution >= 0.6 is 0 Å². The van der Waals surface area contributed by atoms with Crippen LogP contribution in [0.1, 0.15) is 44.9 Å². The number of hydrogen-bond acceptors (Lipinski definition) is 3. The average molecular weight is 322 g/mol. The van der Waals surface area contributed by atoms with Crippen molar-refractivity contribution in [2.24, 2.45) is 0 Å². The van der Waals surface area contributed by atoms with E-state index in [2.05, 4.69) is 5.32 Å². The molecule has 2 aliphatic rings. The molecule has 8 heteroatoms. The molecule has 0 aromatic heterocycles. The molecule has 1 saturated carbocycles. The minimum absolute atomic E-state index is 0.0203. The van der Waals surface area contributed by atoms with Crippen molar-refractivity contribution < 1.29 is 27.9 Å². The molecule has 1 saturated heterocycles. The molecule has 2 rings (SSSR count). The van der Waals surface area contributed by atoms with E-state index in [4.69, 9.17) is 0 Å². The Morgan fingerprint density at radius 3 is 2.55 bits per heavy atom. The van der Waals surface area contributed by atoms with Gasteiger partial charge in [-0.3, -0.25) is 9.59 Å². The Morgan fingerprint density at radius 1 is 1.32 bits per heavy atom. The second kappa shape index (κ2) is 6.44. The summed E-state index contributed by atoms with van der Waals surface area (Å²) in [6, 6.07) is -0.915. The van der Waals surface area contributed by atoms with Gasteiger partial charge >= 0.3 is 6.18 Å². The quantitative estimate of drug-likeness (QED) is 0.821. The molecule has 2 amide bonds. The van der Waals surface area contributed by atoms with Crippen molar-refractivity contribution >= 4 is 11.8 Å². The van der Waals surface area contributed by atoms with Gasteiger partial charge in [0.2, 0.25) is 11.8 Å². The van der Waals surface area contributed by atoms with Gasteiger partial charge in [-0.25, -0.2) is 0 Å². The molecule has 2 fully saturated rings. The maximum Gasteiger partial charge on any atom is 0.406 e. The topological polar surface area (TPSA) is 69.6 Å². The lowest BCUT2D eigenvalue weighted by Crippen LogP contribution is -2.46. The number of carbonyl (C=O) groups excluding carboxylic acids is 2. The number of carbonyl (C=O) groups is 2. The Balaban J connectivity index is 1.83. The summed E-state index contributed by atoms with van der Waals surface area (Å²) in [5, 5.41) is 12.7. The highest BCUT2D eigenvalue weighted by Gasteiger charge is 2.40. The van der Waals surface area contributed by atoms with Gasteiger partial charge < -0.3 is 15.3 Å². The van der Waals surface area contributed by atoms with E-state index in [-0.39, 0.29) is 19.4 Å². The zero-order chi connectivity index (χ0) is 16.4. The molecule has 22 heavy (non-hydrogen) atoms. The second-order valence-corrected chi connectivity index (χ2v) is 6.25. The first-order valence-corrected chi connectivity index (χ1v) is 7.56. The fourth-order valence-electron chi connectivity index (χ4n) is 3.18. The van der Waals surface area contributed by atoms with Gasteiger partial charge in [0.1, 0.15) is 12.6 Å². The predicted octanol–water partition coefficient (Wildman–Crippen LogP) is 1.35. The molecule has 0 aromatic carbocycles. The molecule has 1 aliphatic carbocycles. The number of likely N-dealkylation sites (tertiary alicyclic amines) is 1. The molecule has 0 spiro atoms. The van der Waals surface area contributed by atoms with E-state index in [0.29, 0.717) is 17.7 Å². The minimum Gasteiger partial charge on any atom is -0.389 e. The Labute approximate surface area is 126 Å². The summed E-state index contributed by atoms with van der Waals surface area (Å²) < 4.78 is 36.9. The Hall–Kier alpha value is -1.31. The van der Waals surface area contributed by atoms with E-state index in [1.807, 2.05) is 0 Å². The zero-order valence-corrected chi connectivity index (χ0v) is 12.3. The number of aliphatic hydroxyl groups is 1. The summed E-state index contributed by atoms with van der Waals surface area (Å²) in [7, 11) is 0. The van der Waals surface area contributed by atoms with Gasteiger partial charge in [-0.15, -0.1) is 0 Å². The third kappa shape index (κ3) is 4.59. The van der Waals surface area contributed by atoms with Crippen LogP contribution in [-0.2, 0) is 9.59 Å². The maximum atomic E-state index is 12.3. The summed E-state index contributed by atoms with van der Waals surface area (Å²) in [4.78, 5) is 24.5. The van der Waals surface area contributed by atoms with Gasteiger partial charge in [0.15, 0.2) is 0 Å². The number of halogens is 3. The fraction of sp³-hybridized carbons (Fsp3) is 0.857. The predicted molar refractivity (Wildman–Crippen MR) is 71.8 cm³/mol. The van der Waals surface area contributed by atoms with Crippen molar-refractivity contribution in [1.29, 1.82) is 0 Å². The summed E-state index contributed by atoms with van der Waals surface area (Å²) in [6.45, 7) is -1.31. The number of nitrogens with zero attached hydrogens (tertiary/aromatic N) is 1. The van der Waals surface area contributed by atoms with Crippen LogP contribution in [0.3, 0.4) is 0 Å². The largest absolute Gasteiger partial charge is 0.406 e. The van der Waals surface area contributed by atoms with Gasteiger partial charge in [-0.1, -0.05) is 19.3 Å². The van der Waals surface area contributed by atoms with Crippen molar-refractivity contribution in [2.45, 2.75) is 62.8 Å². The summed E-state index contributed by atoms with van der Waals surface area (Å²) >= 11 is 0. The standard InChI is InChI=1S/C14H21F3N2O3/c15-14(16,17)9-19-7-4-10(12(19)21)18-11(20)8-13(22)5-2-1-3-6-13/h10,22H,1-9H2,(H,18,20). The van der Waals surface area contributed by atoms with E-state index >= 15 is 0 Å². The third-order valence-corrected chi connectivity index (χ3v) is 4.28. The van der Waals surface area contributed by atoms with Crippen LogP contribution < -0.4 is 5.32 Å². The van der Waals surface area contributed by atoms with Crippen molar-refractivity contribution in [3.8, 4) is 0 Å². The molecule has 126 valence electrons. The summed E-state index contributed by atoms with van der Waals surface area (Å²) in [5.74, 6) is -1.18. The van der Waals surface area contributed by atoms with Crippen molar-refractivity contribution in [3.05, 3.63) is 0 Å². The molecule has 1 unspecified atom stereocenters. The highest BCUT2D eigenvalue weighted by atomic mass is 19.4. The summed E-state index contributed by atoms with van der Waals surface area (Å²) in [6.07, 6.45) is -0.562. The van der Waals surface area contributed by atoms with Gasteiger partial charge in [-0.05, 0) is 19.3 Å². The van der Waals surface area contributed by atoms with Crippen molar-refractivity contribution in [3.63, 3.8) is 0 Å². The van der Waals surface area contributed by atoms with Crippen LogP contribution in [-0.4, -0.2) is 52.7 Å². The van der Waals surface area contributed by atoms with Crippen LogP contribution in [0.2, 0.25) is 0 Å². The maximum absolute atomic E-state index is 12.3.